The van der Waals surface area contributed by atoms with Crippen molar-refractivity contribution < 1.29 is 9.53 Å². The number of esters is 1. The van der Waals surface area contributed by atoms with E-state index >= 15 is 0 Å². The van der Waals surface area contributed by atoms with Crippen molar-refractivity contribution in [3.8, 4) is 0 Å². The molecule has 1 aromatic heterocycles. The Kier molecular flexibility index (Phi) is 3.67. The second-order valence-corrected chi connectivity index (χ2v) is 2.66. The Morgan fingerprint density at radius 3 is 3.07 bits per heavy atom. The van der Waals surface area contributed by atoms with Gasteiger partial charge in [-0.1, -0.05) is 6.08 Å². The van der Waals surface area contributed by atoms with Crippen molar-refractivity contribution in [1.29, 1.82) is 0 Å². The van der Waals surface area contributed by atoms with Crippen LogP contribution in [0, 0.1) is 0 Å². The van der Waals surface area contributed by atoms with Gasteiger partial charge in [-0.3, -0.25) is 9.59 Å². The summed E-state index contributed by atoms with van der Waals surface area (Å²) in [5, 5.41) is 0. The highest BCUT2D eigenvalue weighted by molar-refractivity contribution is 5.72. The van der Waals surface area contributed by atoms with Gasteiger partial charge >= 0.3 is 5.97 Å². The molecule has 1 heterocycles. The molecule has 4 nitrogen and oxygen atoms in total. The Balaban J connectivity index is 2.60. The van der Waals surface area contributed by atoms with Crippen molar-refractivity contribution in [2.75, 3.05) is 7.11 Å². The van der Waals surface area contributed by atoms with Crippen LogP contribution in [0.25, 0.3) is 6.08 Å². The molecule has 0 bridgehead atoms. The van der Waals surface area contributed by atoms with Gasteiger partial charge in [0.1, 0.15) is 0 Å². The van der Waals surface area contributed by atoms with Crippen LogP contribution in [0.1, 0.15) is 12.1 Å². The van der Waals surface area contributed by atoms with Gasteiger partial charge < -0.3 is 9.72 Å². The van der Waals surface area contributed by atoms with Crippen LogP contribution in [-0.2, 0) is 9.53 Å². The topological polar surface area (TPSA) is 59.2 Å². The van der Waals surface area contributed by atoms with Gasteiger partial charge in [0.05, 0.1) is 13.5 Å². The molecule has 1 aromatic rings. The van der Waals surface area contributed by atoms with Gasteiger partial charge in [0, 0.05) is 24.0 Å². The fourth-order valence-corrected chi connectivity index (χ4v) is 0.925. The third-order valence-electron chi connectivity index (χ3n) is 1.60. The molecule has 0 atom stereocenters. The van der Waals surface area contributed by atoms with Gasteiger partial charge in [0.15, 0.2) is 5.43 Å². The zero-order valence-corrected chi connectivity index (χ0v) is 7.82. The molecule has 0 saturated carbocycles. The lowest BCUT2D eigenvalue weighted by Crippen LogP contribution is -1.98. The van der Waals surface area contributed by atoms with Crippen LogP contribution in [0.15, 0.2) is 29.2 Å². The molecular formula is C10H11NO3. The van der Waals surface area contributed by atoms with E-state index in [2.05, 4.69) is 9.72 Å². The maximum atomic E-state index is 10.9. The molecule has 0 saturated heterocycles. The summed E-state index contributed by atoms with van der Waals surface area (Å²) in [6.07, 6.45) is 5.06. The average Bonchev–Trinajstić information content (AvgIpc) is 2.17. The summed E-state index contributed by atoms with van der Waals surface area (Å²) < 4.78 is 4.45. The predicted octanol–water partition coefficient (Wildman–Crippen LogP) is 0.951. The largest absolute Gasteiger partial charge is 0.469 e. The number of carbonyl (C=O) groups is 1. The third-order valence-corrected chi connectivity index (χ3v) is 1.60. The van der Waals surface area contributed by atoms with E-state index < -0.39 is 0 Å². The number of hydrogen-bond acceptors (Lipinski definition) is 3. The van der Waals surface area contributed by atoms with E-state index in [0.717, 1.165) is 0 Å². The summed E-state index contributed by atoms with van der Waals surface area (Å²) in [6.45, 7) is 0. The number of H-pyrrole nitrogens is 1. The first kappa shape index (κ1) is 10.2. The number of nitrogens with one attached hydrogen (secondary N) is 1. The lowest BCUT2D eigenvalue weighted by molar-refractivity contribution is -0.139. The van der Waals surface area contributed by atoms with Crippen molar-refractivity contribution in [1.82, 2.24) is 4.98 Å². The maximum Gasteiger partial charge on any atom is 0.309 e. The lowest BCUT2D eigenvalue weighted by atomic mass is 10.3. The second kappa shape index (κ2) is 5.01. The first-order chi connectivity index (χ1) is 6.72. The highest BCUT2D eigenvalue weighted by atomic mass is 16.5. The number of ether oxygens (including phenoxy) is 1. The Bertz CT molecular complexity index is 392. The highest BCUT2D eigenvalue weighted by Crippen LogP contribution is 1.95. The molecule has 0 aromatic carbocycles. The zero-order valence-electron chi connectivity index (χ0n) is 7.82. The molecular weight excluding hydrogens is 182 g/mol. The minimum Gasteiger partial charge on any atom is -0.469 e. The van der Waals surface area contributed by atoms with Crippen LogP contribution in [0.5, 0.6) is 0 Å². The Morgan fingerprint density at radius 1 is 1.64 bits per heavy atom. The van der Waals surface area contributed by atoms with Crippen molar-refractivity contribution in [2.24, 2.45) is 0 Å². The number of aromatic amines is 1. The van der Waals surface area contributed by atoms with Crippen molar-refractivity contribution in [3.05, 3.63) is 40.3 Å². The molecule has 1 rings (SSSR count). The summed E-state index contributed by atoms with van der Waals surface area (Å²) in [7, 11) is 1.33. The second-order valence-electron chi connectivity index (χ2n) is 2.66. The highest BCUT2D eigenvalue weighted by Gasteiger charge is 1.94. The molecule has 0 spiro atoms. The van der Waals surface area contributed by atoms with Gasteiger partial charge in [-0.15, -0.1) is 0 Å². The molecule has 74 valence electrons. The van der Waals surface area contributed by atoms with Gasteiger partial charge in [0.25, 0.3) is 0 Å². The standard InChI is InChI=1S/C10H11NO3/c1-14-10(13)4-2-3-8-7-9(12)5-6-11-8/h2-3,5-7H,4H2,1H3,(H,11,12). The van der Waals surface area contributed by atoms with E-state index in [-0.39, 0.29) is 17.8 Å². The van der Waals surface area contributed by atoms with E-state index in [0.29, 0.717) is 5.69 Å². The predicted molar refractivity (Wildman–Crippen MR) is 52.7 cm³/mol. The fourth-order valence-electron chi connectivity index (χ4n) is 0.925. The number of pyridine rings is 1. The first-order valence-corrected chi connectivity index (χ1v) is 4.14. The quantitative estimate of drug-likeness (QED) is 0.727. The molecule has 0 fully saturated rings. The van der Waals surface area contributed by atoms with Gasteiger partial charge in [0.2, 0.25) is 0 Å². The lowest BCUT2D eigenvalue weighted by Gasteiger charge is -1.93. The van der Waals surface area contributed by atoms with Gasteiger partial charge in [-0.2, -0.15) is 0 Å². The molecule has 0 unspecified atom stereocenters. The number of hydrogen-bond donors (Lipinski definition) is 1. The normalized spacial score (nSPS) is 10.4. The van der Waals surface area contributed by atoms with Crippen LogP contribution < -0.4 is 5.43 Å². The maximum absolute atomic E-state index is 10.9. The van der Waals surface area contributed by atoms with Crippen LogP contribution >= 0.6 is 0 Å². The van der Waals surface area contributed by atoms with Crippen molar-refractivity contribution >= 4 is 12.0 Å². The van der Waals surface area contributed by atoms with Crippen LogP contribution in [-0.4, -0.2) is 18.1 Å². The van der Waals surface area contributed by atoms with Crippen LogP contribution in [0.3, 0.4) is 0 Å². The van der Waals surface area contributed by atoms with Crippen LogP contribution in [0.4, 0.5) is 0 Å². The molecule has 0 aliphatic rings. The Hall–Kier alpha value is -1.84. The summed E-state index contributed by atoms with van der Waals surface area (Å²) in [5.41, 5.74) is 0.600. The number of carbonyl (C=O) groups excluding carboxylic acids is 1. The van der Waals surface area contributed by atoms with E-state index in [1.165, 1.54) is 19.2 Å². The molecule has 4 heteroatoms. The molecule has 0 aliphatic heterocycles. The number of rotatable bonds is 3. The number of methoxy groups -OCH3 is 1. The van der Waals surface area contributed by atoms with E-state index in [1.807, 2.05) is 0 Å². The molecule has 1 N–H and O–H groups in total. The van der Waals surface area contributed by atoms with Crippen molar-refractivity contribution in [3.63, 3.8) is 0 Å². The van der Waals surface area contributed by atoms with Crippen LogP contribution in [0.2, 0.25) is 0 Å². The van der Waals surface area contributed by atoms with E-state index in [1.54, 1.807) is 18.3 Å². The van der Waals surface area contributed by atoms with E-state index in [4.69, 9.17) is 0 Å². The smallest absolute Gasteiger partial charge is 0.309 e. The summed E-state index contributed by atoms with van der Waals surface area (Å²) >= 11 is 0. The molecule has 0 aliphatic carbocycles. The summed E-state index contributed by atoms with van der Waals surface area (Å²) in [4.78, 5) is 24.5. The fraction of sp³-hybridized carbons (Fsp3) is 0.200. The Morgan fingerprint density at radius 2 is 2.43 bits per heavy atom. The number of aromatic nitrogens is 1. The minimum absolute atomic E-state index is 0.0681. The van der Waals surface area contributed by atoms with E-state index in [9.17, 15) is 9.59 Å². The zero-order chi connectivity index (χ0) is 10.4. The molecule has 14 heavy (non-hydrogen) atoms. The monoisotopic (exact) mass is 193 g/mol. The molecule has 0 radical (unpaired) electrons. The Labute approximate surface area is 81.2 Å². The minimum atomic E-state index is -0.306. The summed E-state index contributed by atoms with van der Waals surface area (Å²) in [6, 6.07) is 2.88. The molecule has 0 amide bonds. The first-order valence-electron chi connectivity index (χ1n) is 4.14. The SMILES string of the molecule is COC(=O)CC=Cc1cc(=O)cc[nH]1. The van der Waals surface area contributed by atoms with Gasteiger partial charge in [-0.25, -0.2) is 0 Å². The third kappa shape index (κ3) is 3.26. The van der Waals surface area contributed by atoms with Crippen molar-refractivity contribution in [2.45, 2.75) is 6.42 Å². The average molecular weight is 193 g/mol. The van der Waals surface area contributed by atoms with Gasteiger partial charge in [-0.05, 0) is 6.08 Å². The summed E-state index contributed by atoms with van der Waals surface area (Å²) in [5.74, 6) is -0.306.